The molecule has 8 heteroatoms. The summed E-state index contributed by atoms with van der Waals surface area (Å²) in [5.74, 6) is 0.410. The van der Waals surface area contributed by atoms with Gasteiger partial charge in [0.05, 0.1) is 22.1 Å². The molecule has 0 aliphatic carbocycles. The molecule has 2 rings (SSSR count). The maximum atomic E-state index is 12.8. The summed E-state index contributed by atoms with van der Waals surface area (Å²) in [5.41, 5.74) is 1.02. The number of non-ortho nitro benzene ring substituents is 1. The first-order chi connectivity index (χ1) is 11.8. The van der Waals surface area contributed by atoms with E-state index >= 15 is 0 Å². The summed E-state index contributed by atoms with van der Waals surface area (Å²) in [5, 5.41) is 11.0. The Morgan fingerprint density at radius 1 is 1.20 bits per heavy atom. The first-order valence-electron chi connectivity index (χ1n) is 7.76. The number of nitrogens with zero attached hydrogens (tertiary/aromatic N) is 1. The van der Waals surface area contributed by atoms with Crippen molar-refractivity contribution < 1.29 is 18.1 Å². The van der Waals surface area contributed by atoms with Crippen LogP contribution in [0.2, 0.25) is 0 Å². The molecule has 0 saturated heterocycles. The van der Waals surface area contributed by atoms with Crippen LogP contribution in [-0.4, -0.2) is 19.9 Å². The molecule has 0 radical (unpaired) electrons. The van der Waals surface area contributed by atoms with Crippen LogP contribution in [-0.2, 0) is 10.0 Å². The number of rotatable bonds is 7. The van der Waals surface area contributed by atoms with Crippen molar-refractivity contribution >= 4 is 21.4 Å². The molecule has 2 aromatic rings. The molecule has 25 heavy (non-hydrogen) atoms. The molecular weight excluding hydrogens is 344 g/mol. The van der Waals surface area contributed by atoms with Crippen LogP contribution in [0.5, 0.6) is 5.75 Å². The zero-order valence-corrected chi connectivity index (χ0v) is 15.1. The predicted octanol–water partition coefficient (Wildman–Crippen LogP) is 3.80. The summed E-state index contributed by atoms with van der Waals surface area (Å²) in [6.45, 7) is 5.66. The second-order valence-electron chi connectivity index (χ2n) is 5.59. The van der Waals surface area contributed by atoms with Crippen molar-refractivity contribution in [2.45, 2.75) is 32.1 Å². The summed E-state index contributed by atoms with van der Waals surface area (Å²) in [7, 11) is -4.00. The van der Waals surface area contributed by atoms with E-state index in [2.05, 4.69) is 4.72 Å². The number of benzene rings is 2. The fourth-order valence-corrected chi connectivity index (χ4v) is 3.69. The summed E-state index contributed by atoms with van der Waals surface area (Å²) in [4.78, 5) is 10.3. The average Bonchev–Trinajstić information content (AvgIpc) is 2.55. The van der Waals surface area contributed by atoms with Gasteiger partial charge in [0.1, 0.15) is 5.75 Å². The molecule has 0 amide bonds. The number of sulfonamides is 1. The number of nitro groups is 1. The van der Waals surface area contributed by atoms with Gasteiger partial charge in [-0.2, -0.15) is 0 Å². The Morgan fingerprint density at radius 2 is 1.88 bits per heavy atom. The Bertz CT molecular complexity index is 894. The van der Waals surface area contributed by atoms with E-state index in [1.54, 1.807) is 38.1 Å². The van der Waals surface area contributed by atoms with E-state index in [0.717, 1.165) is 12.5 Å². The summed E-state index contributed by atoms with van der Waals surface area (Å²) >= 11 is 0. The molecule has 2 aromatic carbocycles. The van der Waals surface area contributed by atoms with Crippen molar-refractivity contribution in [1.82, 2.24) is 0 Å². The van der Waals surface area contributed by atoms with Crippen molar-refractivity contribution in [1.29, 1.82) is 0 Å². The van der Waals surface area contributed by atoms with Crippen LogP contribution in [0, 0.1) is 24.0 Å². The van der Waals surface area contributed by atoms with Crippen molar-refractivity contribution in [2.24, 2.45) is 0 Å². The van der Waals surface area contributed by atoms with Gasteiger partial charge in [-0.1, -0.05) is 19.1 Å². The Morgan fingerprint density at radius 3 is 2.52 bits per heavy atom. The standard InChI is InChI=1S/C17H20N2O5S/c1-4-9-24-16-8-6-5-7-15(16)18-25(22,23)17-11-14(19(20)21)10-12(2)13(17)3/h5-8,10-11,18H,4,9H2,1-3H3. The number of para-hydroxylation sites is 2. The highest BCUT2D eigenvalue weighted by Crippen LogP contribution is 2.30. The number of hydrogen-bond donors (Lipinski definition) is 1. The third-order valence-corrected chi connectivity index (χ3v) is 5.19. The lowest BCUT2D eigenvalue weighted by Crippen LogP contribution is -2.16. The lowest BCUT2D eigenvalue weighted by atomic mass is 10.1. The van der Waals surface area contributed by atoms with E-state index in [-0.39, 0.29) is 10.6 Å². The molecule has 0 heterocycles. The zero-order valence-electron chi connectivity index (χ0n) is 14.3. The maximum absolute atomic E-state index is 12.8. The Hall–Kier alpha value is -2.61. The van der Waals surface area contributed by atoms with Crippen LogP contribution in [0.3, 0.4) is 0 Å². The largest absolute Gasteiger partial charge is 0.491 e. The minimum atomic E-state index is -4.00. The molecule has 134 valence electrons. The van der Waals surface area contributed by atoms with Gasteiger partial charge >= 0.3 is 0 Å². The molecule has 0 atom stereocenters. The summed E-state index contributed by atoms with van der Waals surface area (Å²) in [6, 6.07) is 9.10. The van der Waals surface area contributed by atoms with Gasteiger partial charge in [-0.3, -0.25) is 14.8 Å². The number of nitrogens with one attached hydrogen (secondary N) is 1. The second kappa shape index (κ2) is 7.52. The maximum Gasteiger partial charge on any atom is 0.271 e. The monoisotopic (exact) mass is 364 g/mol. The highest BCUT2D eigenvalue weighted by Gasteiger charge is 2.23. The SMILES string of the molecule is CCCOc1ccccc1NS(=O)(=O)c1cc([N+](=O)[O-])cc(C)c1C. The summed E-state index contributed by atoms with van der Waals surface area (Å²) < 4.78 is 33.6. The first kappa shape index (κ1) is 18.7. The van der Waals surface area contributed by atoms with E-state index in [1.807, 2.05) is 6.92 Å². The topological polar surface area (TPSA) is 98.5 Å². The van der Waals surface area contributed by atoms with Crippen molar-refractivity contribution in [2.75, 3.05) is 11.3 Å². The smallest absolute Gasteiger partial charge is 0.271 e. The van der Waals surface area contributed by atoms with Crippen molar-refractivity contribution in [3.8, 4) is 5.75 Å². The minimum Gasteiger partial charge on any atom is -0.491 e. The molecule has 0 aliphatic rings. The van der Waals surface area contributed by atoms with E-state index in [1.165, 1.54) is 6.07 Å². The highest BCUT2D eigenvalue weighted by atomic mass is 32.2. The molecule has 0 spiro atoms. The van der Waals surface area contributed by atoms with E-state index in [0.29, 0.717) is 29.2 Å². The molecular formula is C17H20N2O5S. The normalized spacial score (nSPS) is 11.2. The van der Waals surface area contributed by atoms with Gasteiger partial charge in [0.25, 0.3) is 15.7 Å². The molecule has 0 aliphatic heterocycles. The third kappa shape index (κ3) is 4.27. The van der Waals surface area contributed by atoms with Gasteiger partial charge in [-0.25, -0.2) is 8.42 Å². The van der Waals surface area contributed by atoms with E-state index < -0.39 is 14.9 Å². The van der Waals surface area contributed by atoms with Crippen LogP contribution in [0.1, 0.15) is 24.5 Å². The lowest BCUT2D eigenvalue weighted by Gasteiger charge is -2.15. The molecule has 0 unspecified atom stereocenters. The van der Waals surface area contributed by atoms with Gasteiger partial charge in [-0.15, -0.1) is 0 Å². The van der Waals surface area contributed by atoms with Crippen LogP contribution in [0.4, 0.5) is 11.4 Å². The van der Waals surface area contributed by atoms with E-state index in [9.17, 15) is 18.5 Å². The number of anilines is 1. The molecule has 7 nitrogen and oxygen atoms in total. The predicted molar refractivity (Wildman–Crippen MR) is 95.6 cm³/mol. The van der Waals surface area contributed by atoms with Crippen LogP contribution in [0.15, 0.2) is 41.3 Å². The molecule has 0 fully saturated rings. The minimum absolute atomic E-state index is 0.121. The number of ether oxygens (including phenoxy) is 1. The molecule has 0 bridgehead atoms. The highest BCUT2D eigenvalue weighted by molar-refractivity contribution is 7.92. The third-order valence-electron chi connectivity index (χ3n) is 3.70. The second-order valence-corrected chi connectivity index (χ2v) is 7.24. The van der Waals surface area contributed by atoms with Crippen LogP contribution < -0.4 is 9.46 Å². The molecule has 0 saturated carbocycles. The Balaban J connectivity index is 2.46. The molecule has 0 aromatic heterocycles. The van der Waals surface area contributed by atoms with Gasteiger partial charge in [0, 0.05) is 12.1 Å². The zero-order chi connectivity index (χ0) is 18.6. The first-order valence-corrected chi connectivity index (χ1v) is 9.25. The Kier molecular flexibility index (Phi) is 5.63. The van der Waals surface area contributed by atoms with Gasteiger partial charge < -0.3 is 4.74 Å². The van der Waals surface area contributed by atoms with Crippen molar-refractivity contribution in [3.63, 3.8) is 0 Å². The molecule has 1 N–H and O–H groups in total. The van der Waals surface area contributed by atoms with Gasteiger partial charge in [0.2, 0.25) is 0 Å². The number of aryl methyl sites for hydroxylation is 1. The fourth-order valence-electron chi connectivity index (χ4n) is 2.28. The van der Waals surface area contributed by atoms with Crippen LogP contribution >= 0.6 is 0 Å². The van der Waals surface area contributed by atoms with E-state index in [4.69, 9.17) is 4.74 Å². The van der Waals surface area contributed by atoms with Gasteiger partial charge in [0.15, 0.2) is 0 Å². The summed E-state index contributed by atoms with van der Waals surface area (Å²) in [6.07, 6.45) is 0.782. The number of hydrogen-bond acceptors (Lipinski definition) is 5. The van der Waals surface area contributed by atoms with Crippen molar-refractivity contribution in [3.05, 3.63) is 57.6 Å². The number of nitro benzene ring substituents is 1. The fraction of sp³-hybridized carbons (Fsp3) is 0.294. The lowest BCUT2D eigenvalue weighted by molar-refractivity contribution is -0.385. The quantitative estimate of drug-likeness (QED) is 0.595. The average molecular weight is 364 g/mol. The Labute approximate surface area is 146 Å². The van der Waals surface area contributed by atoms with Gasteiger partial charge in [-0.05, 0) is 43.5 Å². The van der Waals surface area contributed by atoms with Crippen LogP contribution in [0.25, 0.3) is 0 Å².